The number of benzene rings is 1. The van der Waals surface area contributed by atoms with Crippen LogP contribution in [-0.2, 0) is 7.05 Å². The summed E-state index contributed by atoms with van der Waals surface area (Å²) in [6.07, 6.45) is 0. The molecule has 0 saturated carbocycles. The third kappa shape index (κ3) is 3.17. The van der Waals surface area contributed by atoms with Crippen molar-refractivity contribution in [1.82, 2.24) is 14.5 Å². The van der Waals surface area contributed by atoms with E-state index >= 15 is 0 Å². The first-order valence-electron chi connectivity index (χ1n) is 7.85. The Morgan fingerprint density at radius 1 is 1.40 bits per heavy atom. The summed E-state index contributed by atoms with van der Waals surface area (Å²) >= 11 is 1.62. The van der Waals surface area contributed by atoms with Gasteiger partial charge in [-0.3, -0.25) is 4.57 Å². The van der Waals surface area contributed by atoms with Gasteiger partial charge in [-0.15, -0.1) is 11.3 Å². The Hall–Kier alpha value is -2.61. The van der Waals surface area contributed by atoms with Crippen molar-refractivity contribution in [3.05, 3.63) is 44.3 Å². The Kier molecular flexibility index (Phi) is 4.38. The van der Waals surface area contributed by atoms with Gasteiger partial charge in [-0.1, -0.05) is 0 Å². The second-order valence-electron chi connectivity index (χ2n) is 6.00. The summed E-state index contributed by atoms with van der Waals surface area (Å²) in [5, 5.41) is 3.84. The van der Waals surface area contributed by atoms with Crippen molar-refractivity contribution in [2.45, 2.75) is 26.8 Å². The quantitative estimate of drug-likeness (QED) is 0.776. The van der Waals surface area contributed by atoms with E-state index < -0.39 is 5.76 Å². The van der Waals surface area contributed by atoms with Crippen LogP contribution in [0.4, 0.5) is 10.5 Å². The molecule has 25 heavy (non-hydrogen) atoms. The average molecular weight is 360 g/mol. The molecule has 0 spiro atoms. The van der Waals surface area contributed by atoms with Crippen molar-refractivity contribution in [1.29, 1.82) is 0 Å². The SMILES string of the molecule is Cc1nc(C(C)N(C)C(=O)Nc2ccc3oc(=O)n(C)c3c2)c(C)s1. The lowest BCUT2D eigenvalue weighted by Gasteiger charge is -2.24. The van der Waals surface area contributed by atoms with Crippen LogP contribution in [0.3, 0.4) is 0 Å². The number of aryl methyl sites for hydroxylation is 3. The van der Waals surface area contributed by atoms with E-state index in [1.165, 1.54) is 4.57 Å². The zero-order valence-corrected chi connectivity index (χ0v) is 15.6. The summed E-state index contributed by atoms with van der Waals surface area (Å²) < 4.78 is 6.50. The summed E-state index contributed by atoms with van der Waals surface area (Å²) in [5.74, 6) is -0.432. The highest BCUT2D eigenvalue weighted by molar-refractivity contribution is 7.11. The number of urea groups is 1. The van der Waals surface area contributed by atoms with Gasteiger partial charge in [0, 0.05) is 24.7 Å². The minimum atomic E-state index is -0.432. The van der Waals surface area contributed by atoms with Gasteiger partial charge in [0.05, 0.1) is 22.3 Å². The zero-order chi connectivity index (χ0) is 18.3. The van der Waals surface area contributed by atoms with Crippen molar-refractivity contribution in [3.63, 3.8) is 0 Å². The summed E-state index contributed by atoms with van der Waals surface area (Å²) in [4.78, 5) is 31.4. The fourth-order valence-electron chi connectivity index (χ4n) is 2.71. The Bertz CT molecular complexity index is 1000. The van der Waals surface area contributed by atoms with Gasteiger partial charge in [0.1, 0.15) is 0 Å². The predicted octanol–water partition coefficient (Wildman–Crippen LogP) is 3.43. The van der Waals surface area contributed by atoms with Crippen LogP contribution in [0.15, 0.2) is 27.4 Å². The summed E-state index contributed by atoms with van der Waals surface area (Å²) in [7, 11) is 3.36. The number of hydrogen-bond acceptors (Lipinski definition) is 5. The predicted molar refractivity (Wildman–Crippen MR) is 98.2 cm³/mol. The molecule has 8 heteroatoms. The number of anilines is 1. The maximum absolute atomic E-state index is 12.6. The number of fused-ring (bicyclic) bond motifs is 1. The number of oxazole rings is 1. The number of rotatable bonds is 3. The van der Waals surface area contributed by atoms with E-state index in [4.69, 9.17) is 4.42 Å². The largest absolute Gasteiger partial charge is 0.419 e. The van der Waals surface area contributed by atoms with Gasteiger partial charge in [0.25, 0.3) is 0 Å². The van der Waals surface area contributed by atoms with E-state index in [9.17, 15) is 9.59 Å². The molecule has 1 unspecified atom stereocenters. The highest BCUT2D eigenvalue weighted by Gasteiger charge is 2.22. The van der Waals surface area contributed by atoms with E-state index in [0.29, 0.717) is 16.8 Å². The number of amides is 2. The average Bonchev–Trinajstić information content (AvgIpc) is 3.05. The van der Waals surface area contributed by atoms with Gasteiger partial charge in [-0.25, -0.2) is 14.6 Å². The van der Waals surface area contributed by atoms with Crippen molar-refractivity contribution in [2.75, 3.05) is 12.4 Å². The third-order valence-electron chi connectivity index (χ3n) is 4.28. The molecular weight excluding hydrogens is 340 g/mol. The van der Waals surface area contributed by atoms with Crippen LogP contribution in [0, 0.1) is 13.8 Å². The Balaban J connectivity index is 1.80. The molecule has 2 heterocycles. The smallest absolute Gasteiger partial charge is 0.408 e. The minimum Gasteiger partial charge on any atom is -0.408 e. The molecule has 7 nitrogen and oxygen atoms in total. The normalized spacial score (nSPS) is 12.4. The molecule has 2 amide bonds. The Morgan fingerprint density at radius 2 is 2.12 bits per heavy atom. The third-order valence-corrected chi connectivity index (χ3v) is 5.18. The molecule has 3 aromatic rings. The Labute approximate surface area is 148 Å². The van der Waals surface area contributed by atoms with Crippen LogP contribution in [0.1, 0.15) is 28.5 Å². The van der Waals surface area contributed by atoms with E-state index in [0.717, 1.165) is 15.6 Å². The van der Waals surface area contributed by atoms with Crippen LogP contribution >= 0.6 is 11.3 Å². The number of carbonyl (C=O) groups is 1. The maximum Gasteiger partial charge on any atom is 0.419 e. The van der Waals surface area contributed by atoms with Gasteiger partial charge in [0.2, 0.25) is 0 Å². The highest BCUT2D eigenvalue weighted by Crippen LogP contribution is 2.26. The summed E-state index contributed by atoms with van der Waals surface area (Å²) in [6.45, 7) is 5.91. The molecule has 0 aliphatic rings. The number of hydrogen-bond donors (Lipinski definition) is 1. The van der Waals surface area contributed by atoms with Crippen LogP contribution < -0.4 is 11.1 Å². The first-order valence-corrected chi connectivity index (χ1v) is 8.67. The van der Waals surface area contributed by atoms with E-state index in [2.05, 4.69) is 10.3 Å². The van der Waals surface area contributed by atoms with Crippen molar-refractivity contribution in [3.8, 4) is 0 Å². The fraction of sp³-hybridized carbons (Fsp3) is 0.353. The number of carbonyl (C=O) groups excluding carboxylic acids is 1. The molecule has 1 atom stereocenters. The monoisotopic (exact) mass is 360 g/mol. The number of nitrogens with one attached hydrogen (secondary N) is 1. The van der Waals surface area contributed by atoms with E-state index in [1.807, 2.05) is 20.8 Å². The molecule has 1 N–H and O–H groups in total. The molecule has 0 radical (unpaired) electrons. The summed E-state index contributed by atoms with van der Waals surface area (Å²) in [5.41, 5.74) is 2.62. The van der Waals surface area contributed by atoms with Gasteiger partial charge in [-0.05, 0) is 39.0 Å². The van der Waals surface area contributed by atoms with Crippen molar-refractivity contribution < 1.29 is 9.21 Å². The molecule has 0 fully saturated rings. The number of thiazole rings is 1. The lowest BCUT2D eigenvalue weighted by molar-refractivity contribution is 0.207. The van der Waals surface area contributed by atoms with E-state index in [1.54, 1.807) is 48.5 Å². The molecule has 1 aromatic carbocycles. The Morgan fingerprint density at radius 3 is 2.76 bits per heavy atom. The van der Waals surface area contributed by atoms with Gasteiger partial charge in [0.15, 0.2) is 5.58 Å². The molecule has 2 aromatic heterocycles. The first-order chi connectivity index (χ1) is 11.8. The standard InChI is InChI=1S/C17H20N4O3S/c1-9(15-10(2)25-11(3)18-15)20(4)16(22)19-12-6-7-14-13(8-12)21(5)17(23)24-14/h6-9H,1-5H3,(H,19,22). The van der Waals surface area contributed by atoms with Crippen molar-refractivity contribution in [2.24, 2.45) is 7.05 Å². The molecule has 132 valence electrons. The van der Waals surface area contributed by atoms with Crippen LogP contribution in [0.25, 0.3) is 11.1 Å². The van der Waals surface area contributed by atoms with Crippen LogP contribution in [0.5, 0.6) is 0 Å². The summed E-state index contributed by atoms with van der Waals surface area (Å²) in [6, 6.07) is 4.70. The fourth-order valence-corrected chi connectivity index (χ4v) is 3.62. The second-order valence-corrected chi connectivity index (χ2v) is 7.41. The lowest BCUT2D eigenvalue weighted by atomic mass is 10.2. The van der Waals surface area contributed by atoms with Gasteiger partial charge in [-0.2, -0.15) is 0 Å². The topological polar surface area (TPSA) is 80.4 Å². The van der Waals surface area contributed by atoms with Gasteiger partial charge >= 0.3 is 11.8 Å². The highest BCUT2D eigenvalue weighted by atomic mass is 32.1. The zero-order valence-electron chi connectivity index (χ0n) is 14.8. The van der Waals surface area contributed by atoms with Gasteiger partial charge < -0.3 is 14.6 Å². The minimum absolute atomic E-state index is 0.146. The molecule has 0 bridgehead atoms. The molecular formula is C17H20N4O3S. The van der Waals surface area contributed by atoms with Crippen LogP contribution in [-0.4, -0.2) is 27.5 Å². The molecule has 0 saturated heterocycles. The number of aromatic nitrogens is 2. The molecule has 0 aliphatic heterocycles. The lowest BCUT2D eigenvalue weighted by Crippen LogP contribution is -2.34. The molecule has 0 aliphatic carbocycles. The maximum atomic E-state index is 12.6. The van der Waals surface area contributed by atoms with E-state index in [-0.39, 0.29) is 12.1 Å². The number of nitrogens with zero attached hydrogens (tertiary/aromatic N) is 3. The molecule has 3 rings (SSSR count). The van der Waals surface area contributed by atoms with Crippen molar-refractivity contribution >= 4 is 34.2 Å². The second kappa shape index (κ2) is 6.36. The first kappa shape index (κ1) is 17.2. The van der Waals surface area contributed by atoms with Crippen LogP contribution in [0.2, 0.25) is 0 Å².